The van der Waals surface area contributed by atoms with Crippen LogP contribution in [0.5, 0.6) is 0 Å². The Hall–Kier alpha value is -2.11. The average molecular weight is 273 g/mol. The largest absolute Gasteiger partial charge is 0.310 e. The molecule has 0 saturated carbocycles. The fraction of sp³-hybridized carbons (Fsp3) is 0. The quantitative estimate of drug-likeness (QED) is 0.730. The molecule has 5 heteroatoms. The lowest BCUT2D eigenvalue weighted by Crippen LogP contribution is -2.06. The van der Waals surface area contributed by atoms with Gasteiger partial charge in [-0.25, -0.2) is 0 Å². The molecule has 19 heavy (non-hydrogen) atoms. The van der Waals surface area contributed by atoms with Gasteiger partial charge in [-0.05, 0) is 24.3 Å². The van der Waals surface area contributed by atoms with Gasteiger partial charge in [0.15, 0.2) is 5.03 Å². The summed E-state index contributed by atoms with van der Waals surface area (Å²) >= 11 is 0. The summed E-state index contributed by atoms with van der Waals surface area (Å²) in [7, 11) is -4.28. The summed E-state index contributed by atoms with van der Waals surface area (Å²) in [6.45, 7) is 0. The SMILES string of the molecule is O=S(=O)(O)c1cc2ccccc2n1-c1ccccc1. The molecular weight excluding hydrogens is 262 g/mol. The van der Waals surface area contributed by atoms with Crippen LogP contribution in [0.2, 0.25) is 0 Å². The molecule has 1 heterocycles. The van der Waals surface area contributed by atoms with Gasteiger partial charge in [-0.15, -0.1) is 0 Å². The topological polar surface area (TPSA) is 59.3 Å². The van der Waals surface area contributed by atoms with Crippen molar-refractivity contribution in [2.75, 3.05) is 0 Å². The zero-order chi connectivity index (χ0) is 13.5. The Bertz CT molecular complexity index is 836. The van der Waals surface area contributed by atoms with Crippen LogP contribution < -0.4 is 0 Å². The number of rotatable bonds is 2. The molecule has 3 rings (SSSR count). The lowest BCUT2D eigenvalue weighted by molar-refractivity contribution is 0.477. The van der Waals surface area contributed by atoms with Gasteiger partial charge in [-0.2, -0.15) is 8.42 Å². The van der Waals surface area contributed by atoms with Gasteiger partial charge < -0.3 is 0 Å². The summed E-state index contributed by atoms with van der Waals surface area (Å²) in [4.78, 5) is 0. The minimum atomic E-state index is -4.28. The molecule has 96 valence electrons. The highest BCUT2D eigenvalue weighted by atomic mass is 32.2. The lowest BCUT2D eigenvalue weighted by Gasteiger charge is -2.08. The van der Waals surface area contributed by atoms with Crippen LogP contribution in [0.15, 0.2) is 65.7 Å². The molecule has 3 aromatic rings. The highest BCUT2D eigenvalue weighted by Gasteiger charge is 2.19. The third-order valence-electron chi connectivity index (χ3n) is 2.96. The molecule has 0 spiro atoms. The van der Waals surface area contributed by atoms with E-state index in [0.29, 0.717) is 5.69 Å². The van der Waals surface area contributed by atoms with E-state index >= 15 is 0 Å². The van der Waals surface area contributed by atoms with Gasteiger partial charge in [0.2, 0.25) is 0 Å². The molecule has 0 saturated heterocycles. The number of hydrogen-bond acceptors (Lipinski definition) is 2. The van der Waals surface area contributed by atoms with Gasteiger partial charge in [-0.1, -0.05) is 36.4 Å². The third kappa shape index (κ3) is 2.03. The van der Waals surface area contributed by atoms with E-state index in [-0.39, 0.29) is 5.03 Å². The minimum absolute atomic E-state index is 0.125. The van der Waals surface area contributed by atoms with Crippen LogP contribution in [0.1, 0.15) is 0 Å². The Balaban J connectivity index is 2.45. The highest BCUT2D eigenvalue weighted by molar-refractivity contribution is 7.85. The Kier molecular flexibility index (Phi) is 2.66. The first kappa shape index (κ1) is 12.0. The summed E-state index contributed by atoms with van der Waals surface area (Å²) in [6.07, 6.45) is 0. The van der Waals surface area contributed by atoms with Crippen molar-refractivity contribution >= 4 is 21.0 Å². The molecule has 1 aromatic heterocycles. The fourth-order valence-corrected chi connectivity index (χ4v) is 2.87. The molecule has 0 aliphatic carbocycles. The van der Waals surface area contributed by atoms with Crippen LogP contribution in [0.25, 0.3) is 16.6 Å². The zero-order valence-corrected chi connectivity index (χ0v) is 10.7. The maximum Gasteiger partial charge on any atom is 0.310 e. The van der Waals surface area contributed by atoms with E-state index < -0.39 is 10.1 Å². The second kappa shape index (κ2) is 4.22. The standard InChI is InChI=1S/C14H11NO3S/c16-19(17,18)14-10-11-6-4-5-9-13(11)15(14)12-7-2-1-3-8-12/h1-10H,(H,16,17,18). The number of para-hydroxylation sites is 2. The third-order valence-corrected chi connectivity index (χ3v) is 3.78. The van der Waals surface area contributed by atoms with Gasteiger partial charge >= 0.3 is 10.1 Å². The van der Waals surface area contributed by atoms with Crippen LogP contribution >= 0.6 is 0 Å². The molecule has 4 nitrogen and oxygen atoms in total. The number of nitrogens with zero attached hydrogens (tertiary/aromatic N) is 1. The van der Waals surface area contributed by atoms with Crippen molar-refractivity contribution in [3.8, 4) is 5.69 Å². The first-order valence-electron chi connectivity index (χ1n) is 5.71. The lowest BCUT2D eigenvalue weighted by atomic mass is 10.2. The Morgan fingerprint density at radius 1 is 0.895 bits per heavy atom. The van der Waals surface area contributed by atoms with E-state index in [9.17, 15) is 13.0 Å². The van der Waals surface area contributed by atoms with Gasteiger partial charge in [0.05, 0.1) is 5.52 Å². The summed E-state index contributed by atoms with van der Waals surface area (Å²) in [5.74, 6) is 0. The molecule has 2 aromatic carbocycles. The van der Waals surface area contributed by atoms with E-state index in [1.165, 1.54) is 10.6 Å². The number of aromatic nitrogens is 1. The molecule has 0 radical (unpaired) electrons. The van der Waals surface area contributed by atoms with Crippen molar-refractivity contribution in [2.24, 2.45) is 0 Å². The highest BCUT2D eigenvalue weighted by Crippen LogP contribution is 2.27. The summed E-state index contributed by atoms with van der Waals surface area (Å²) in [5, 5.41) is 0.638. The molecule has 0 aliphatic heterocycles. The molecule has 1 N–H and O–H groups in total. The van der Waals surface area contributed by atoms with Crippen molar-refractivity contribution < 1.29 is 13.0 Å². The van der Waals surface area contributed by atoms with Crippen molar-refractivity contribution in [3.05, 3.63) is 60.7 Å². The molecule has 0 atom stereocenters. The maximum absolute atomic E-state index is 11.5. The fourth-order valence-electron chi connectivity index (χ4n) is 2.16. The van der Waals surface area contributed by atoms with Gasteiger partial charge in [0.1, 0.15) is 0 Å². The van der Waals surface area contributed by atoms with Crippen LogP contribution in [0, 0.1) is 0 Å². The first-order valence-corrected chi connectivity index (χ1v) is 7.15. The monoisotopic (exact) mass is 273 g/mol. The van der Waals surface area contributed by atoms with E-state index in [2.05, 4.69) is 0 Å². The van der Waals surface area contributed by atoms with Crippen LogP contribution in [-0.2, 0) is 10.1 Å². The molecule has 0 fully saturated rings. The van der Waals surface area contributed by atoms with E-state index in [1.54, 1.807) is 12.1 Å². The molecule has 0 unspecified atom stereocenters. The number of benzene rings is 2. The summed E-state index contributed by atoms with van der Waals surface area (Å²) < 4.78 is 34.0. The number of hydrogen-bond donors (Lipinski definition) is 1. The first-order chi connectivity index (χ1) is 9.07. The van der Waals surface area contributed by atoms with Crippen LogP contribution in [0.4, 0.5) is 0 Å². The minimum Gasteiger partial charge on any atom is -0.298 e. The predicted molar refractivity (Wildman–Crippen MR) is 73.1 cm³/mol. The molecule has 0 bridgehead atoms. The summed E-state index contributed by atoms with van der Waals surface area (Å²) in [6, 6.07) is 17.8. The van der Waals surface area contributed by atoms with Crippen LogP contribution in [0.3, 0.4) is 0 Å². The van der Waals surface area contributed by atoms with Gasteiger partial charge in [0, 0.05) is 11.1 Å². The average Bonchev–Trinajstić information content (AvgIpc) is 2.79. The van der Waals surface area contributed by atoms with Crippen molar-refractivity contribution in [1.82, 2.24) is 4.57 Å². The van der Waals surface area contributed by atoms with Crippen LogP contribution in [-0.4, -0.2) is 17.5 Å². The Morgan fingerprint density at radius 3 is 2.21 bits per heavy atom. The normalized spacial score (nSPS) is 11.8. The predicted octanol–water partition coefficient (Wildman–Crippen LogP) is 2.88. The Morgan fingerprint density at radius 2 is 1.53 bits per heavy atom. The second-order valence-electron chi connectivity index (χ2n) is 4.19. The molecule has 0 amide bonds. The summed E-state index contributed by atoms with van der Waals surface area (Å²) in [5.41, 5.74) is 1.43. The maximum atomic E-state index is 11.5. The number of fused-ring (bicyclic) bond motifs is 1. The van der Waals surface area contributed by atoms with Gasteiger partial charge in [0.25, 0.3) is 0 Å². The van der Waals surface area contributed by atoms with E-state index in [0.717, 1.165) is 10.9 Å². The van der Waals surface area contributed by atoms with Crippen molar-refractivity contribution in [1.29, 1.82) is 0 Å². The zero-order valence-electron chi connectivity index (χ0n) is 9.89. The molecular formula is C14H11NO3S. The second-order valence-corrected chi connectivity index (χ2v) is 5.56. The Labute approximate surface area is 110 Å². The van der Waals surface area contributed by atoms with Crippen molar-refractivity contribution in [2.45, 2.75) is 5.03 Å². The smallest absolute Gasteiger partial charge is 0.298 e. The molecule has 0 aliphatic rings. The van der Waals surface area contributed by atoms with E-state index in [1.807, 2.05) is 42.5 Å². The van der Waals surface area contributed by atoms with Crippen molar-refractivity contribution in [3.63, 3.8) is 0 Å². The van der Waals surface area contributed by atoms with Gasteiger partial charge in [-0.3, -0.25) is 9.12 Å². The van der Waals surface area contributed by atoms with E-state index in [4.69, 9.17) is 0 Å².